The van der Waals surface area contributed by atoms with Gasteiger partial charge >= 0.3 is 12.2 Å². The summed E-state index contributed by atoms with van der Waals surface area (Å²) in [6, 6.07) is 5.82. The highest BCUT2D eigenvalue weighted by atomic mass is 19.4. The van der Waals surface area contributed by atoms with Gasteiger partial charge in [-0.2, -0.15) is 18.2 Å². The predicted octanol–water partition coefficient (Wildman–Crippen LogP) is 5.25. The third-order valence-electron chi connectivity index (χ3n) is 4.84. The maximum atomic E-state index is 13.9. The van der Waals surface area contributed by atoms with E-state index in [4.69, 9.17) is 14.2 Å². The molecule has 0 fully saturated rings. The van der Waals surface area contributed by atoms with Crippen molar-refractivity contribution in [2.45, 2.75) is 65.0 Å². The van der Waals surface area contributed by atoms with E-state index >= 15 is 0 Å². The number of ether oxygens (including phenoxy) is 3. The molecule has 13 heteroatoms. The van der Waals surface area contributed by atoms with Gasteiger partial charge in [0.25, 0.3) is 0 Å². The summed E-state index contributed by atoms with van der Waals surface area (Å²) in [4.78, 5) is 12.5. The average Bonchev–Trinajstić information content (AvgIpc) is 3.10. The zero-order chi connectivity index (χ0) is 27.9. The van der Waals surface area contributed by atoms with Crippen molar-refractivity contribution >= 4 is 11.0 Å². The fourth-order valence-corrected chi connectivity index (χ4v) is 3.39. The highest BCUT2D eigenvalue weighted by molar-refractivity contribution is 5.85. The van der Waals surface area contributed by atoms with Gasteiger partial charge in [0, 0.05) is 19.4 Å². The summed E-state index contributed by atoms with van der Waals surface area (Å²) < 4.78 is 60.3. The number of halogens is 3. The van der Waals surface area contributed by atoms with Gasteiger partial charge in [-0.25, -0.2) is 9.67 Å². The van der Waals surface area contributed by atoms with E-state index in [1.54, 1.807) is 0 Å². The molecule has 0 aliphatic heterocycles. The monoisotopic (exact) mass is 531 g/mol. The van der Waals surface area contributed by atoms with Gasteiger partial charge in [0.15, 0.2) is 5.65 Å². The van der Waals surface area contributed by atoms with Crippen molar-refractivity contribution < 1.29 is 27.4 Å². The van der Waals surface area contributed by atoms with Gasteiger partial charge in [-0.05, 0) is 59.7 Å². The first-order valence-corrected chi connectivity index (χ1v) is 11.7. The minimum Gasteiger partial charge on any atom is -0.471 e. The van der Waals surface area contributed by atoms with Gasteiger partial charge in [0.2, 0.25) is 17.9 Å². The second kappa shape index (κ2) is 9.69. The molecule has 0 bridgehead atoms. The van der Waals surface area contributed by atoms with E-state index in [0.717, 1.165) is 0 Å². The standard InChI is InChI=1S/C25H28F3N7O3/c1-23(2,3)37-20-15(13-30-22(31-20)38-24(4,5)6)17-12-14-19(33-32-17)35(7)34-21(14)36-18(25(26,27)28)16-10-8-9-11-29-16/h8-13,18H,1-7H3/t18-/m0/s1. The number of alkyl halides is 3. The van der Waals surface area contributed by atoms with E-state index in [-0.39, 0.29) is 40.2 Å². The lowest BCUT2D eigenvalue weighted by molar-refractivity contribution is -0.199. The molecule has 4 aromatic heterocycles. The highest BCUT2D eigenvalue weighted by Crippen LogP contribution is 2.39. The lowest BCUT2D eigenvalue weighted by atomic mass is 10.1. The van der Waals surface area contributed by atoms with Crippen LogP contribution in [0.15, 0.2) is 36.7 Å². The van der Waals surface area contributed by atoms with Crippen molar-refractivity contribution in [1.82, 2.24) is 34.9 Å². The van der Waals surface area contributed by atoms with Crippen LogP contribution in [0.5, 0.6) is 17.8 Å². The second-order valence-corrected chi connectivity index (χ2v) is 10.5. The number of rotatable bonds is 6. The summed E-state index contributed by atoms with van der Waals surface area (Å²) in [7, 11) is 1.53. The molecule has 202 valence electrons. The summed E-state index contributed by atoms with van der Waals surface area (Å²) in [6.45, 7) is 11.1. The number of pyridine rings is 1. The Labute approximate surface area is 217 Å². The van der Waals surface area contributed by atoms with Gasteiger partial charge in [0.05, 0.1) is 16.6 Å². The molecule has 0 N–H and O–H groups in total. The van der Waals surface area contributed by atoms with Gasteiger partial charge in [-0.3, -0.25) is 4.98 Å². The maximum absolute atomic E-state index is 13.9. The average molecular weight is 532 g/mol. The van der Waals surface area contributed by atoms with Crippen LogP contribution in [0.4, 0.5) is 13.2 Å². The lowest BCUT2D eigenvalue weighted by Crippen LogP contribution is -2.27. The van der Waals surface area contributed by atoms with Crippen molar-refractivity contribution in [2.24, 2.45) is 7.05 Å². The Morgan fingerprint density at radius 1 is 0.895 bits per heavy atom. The van der Waals surface area contributed by atoms with E-state index in [1.165, 1.54) is 48.4 Å². The molecule has 0 aliphatic carbocycles. The zero-order valence-electron chi connectivity index (χ0n) is 22.0. The summed E-state index contributed by atoms with van der Waals surface area (Å²) in [6.07, 6.45) is -4.35. The predicted molar refractivity (Wildman–Crippen MR) is 132 cm³/mol. The normalized spacial score (nSPS) is 13.4. The number of nitrogens with zero attached hydrogens (tertiary/aromatic N) is 7. The molecular formula is C25H28F3N7O3. The molecule has 38 heavy (non-hydrogen) atoms. The SMILES string of the molecule is Cn1nc(O[C@@H](c2ccccn2)C(F)(F)F)c2cc(-c3cnc(OC(C)(C)C)nc3OC(C)(C)C)nnc21. The van der Waals surface area contributed by atoms with Crippen molar-refractivity contribution in [2.75, 3.05) is 0 Å². The molecule has 0 saturated heterocycles. The van der Waals surface area contributed by atoms with Crippen molar-refractivity contribution in [1.29, 1.82) is 0 Å². The third kappa shape index (κ3) is 6.26. The molecule has 4 aromatic rings. The largest absolute Gasteiger partial charge is 0.471 e. The molecule has 0 radical (unpaired) electrons. The van der Waals surface area contributed by atoms with Gasteiger partial charge in [-0.15, -0.1) is 15.3 Å². The Balaban J connectivity index is 1.80. The summed E-state index contributed by atoms with van der Waals surface area (Å²) in [5, 5.41) is 12.7. The molecular weight excluding hydrogens is 503 g/mol. The Hall–Kier alpha value is -4.03. The van der Waals surface area contributed by atoms with Crippen LogP contribution in [0.1, 0.15) is 53.3 Å². The summed E-state index contributed by atoms with van der Waals surface area (Å²) in [5.74, 6) is -0.105. The minimum absolute atomic E-state index is 0.100. The Morgan fingerprint density at radius 2 is 1.61 bits per heavy atom. The molecule has 0 unspecified atom stereocenters. The molecule has 4 heterocycles. The fraction of sp³-hybridized carbons (Fsp3) is 0.440. The maximum Gasteiger partial charge on any atom is 0.431 e. The third-order valence-corrected chi connectivity index (χ3v) is 4.84. The highest BCUT2D eigenvalue weighted by Gasteiger charge is 2.45. The molecule has 0 spiro atoms. The number of aryl methyl sites for hydroxylation is 1. The van der Waals surface area contributed by atoms with Gasteiger partial charge in [-0.1, -0.05) is 6.07 Å². The van der Waals surface area contributed by atoms with Crippen LogP contribution < -0.4 is 14.2 Å². The molecule has 10 nitrogen and oxygen atoms in total. The molecule has 1 atom stereocenters. The van der Waals surface area contributed by atoms with Gasteiger partial charge < -0.3 is 14.2 Å². The van der Waals surface area contributed by atoms with Crippen LogP contribution in [0.3, 0.4) is 0 Å². The molecule has 4 rings (SSSR count). The molecule has 0 aliphatic rings. The van der Waals surface area contributed by atoms with Crippen LogP contribution >= 0.6 is 0 Å². The number of aromatic nitrogens is 7. The first-order valence-electron chi connectivity index (χ1n) is 11.7. The van der Waals surface area contributed by atoms with Crippen molar-refractivity contribution in [3.63, 3.8) is 0 Å². The van der Waals surface area contributed by atoms with Crippen LogP contribution in [0, 0.1) is 0 Å². The van der Waals surface area contributed by atoms with Crippen LogP contribution in [-0.2, 0) is 7.05 Å². The number of hydrogen-bond donors (Lipinski definition) is 0. The molecule has 0 amide bonds. The molecule has 0 aromatic carbocycles. The smallest absolute Gasteiger partial charge is 0.431 e. The van der Waals surface area contributed by atoms with Crippen LogP contribution in [0.2, 0.25) is 0 Å². The van der Waals surface area contributed by atoms with Crippen molar-refractivity contribution in [3.8, 4) is 29.0 Å². The number of fused-ring (bicyclic) bond motifs is 1. The Kier molecular flexibility index (Phi) is 6.89. The second-order valence-electron chi connectivity index (χ2n) is 10.5. The first-order chi connectivity index (χ1) is 17.6. The Bertz CT molecular complexity index is 1430. The quantitative estimate of drug-likeness (QED) is 0.329. The first kappa shape index (κ1) is 27.0. The molecule has 0 saturated carbocycles. The topological polar surface area (TPSA) is 110 Å². The van der Waals surface area contributed by atoms with E-state index in [0.29, 0.717) is 5.56 Å². The minimum atomic E-state index is -4.74. The van der Waals surface area contributed by atoms with E-state index in [1.807, 2.05) is 41.5 Å². The summed E-state index contributed by atoms with van der Waals surface area (Å²) in [5.41, 5.74) is -0.655. The van der Waals surface area contributed by atoms with Crippen LogP contribution in [-0.4, -0.2) is 52.3 Å². The van der Waals surface area contributed by atoms with E-state index in [2.05, 4.69) is 30.2 Å². The number of hydrogen-bond acceptors (Lipinski definition) is 9. The zero-order valence-corrected chi connectivity index (χ0v) is 22.0. The van der Waals surface area contributed by atoms with Crippen LogP contribution in [0.25, 0.3) is 22.3 Å². The lowest BCUT2D eigenvalue weighted by Gasteiger charge is -2.24. The Morgan fingerprint density at radius 3 is 2.21 bits per heavy atom. The van der Waals surface area contributed by atoms with E-state index in [9.17, 15) is 13.2 Å². The summed E-state index contributed by atoms with van der Waals surface area (Å²) >= 11 is 0. The van der Waals surface area contributed by atoms with Crippen molar-refractivity contribution in [3.05, 3.63) is 42.4 Å². The van der Waals surface area contributed by atoms with Gasteiger partial charge in [0.1, 0.15) is 16.9 Å². The fourth-order valence-electron chi connectivity index (χ4n) is 3.39. The van der Waals surface area contributed by atoms with E-state index < -0.39 is 23.5 Å².